The number of carbonyl (C=O) groups is 2. The lowest BCUT2D eigenvalue weighted by Crippen LogP contribution is -2.34. The Labute approximate surface area is 156 Å². The van der Waals surface area contributed by atoms with Gasteiger partial charge in [-0.25, -0.2) is 0 Å². The third-order valence-electron chi connectivity index (χ3n) is 4.30. The summed E-state index contributed by atoms with van der Waals surface area (Å²) in [5.74, 6) is -0.501. The number of carbonyl (C=O) groups excluding carboxylic acids is 2. The van der Waals surface area contributed by atoms with Crippen LogP contribution in [0.3, 0.4) is 0 Å². The van der Waals surface area contributed by atoms with Crippen molar-refractivity contribution in [3.63, 3.8) is 0 Å². The lowest BCUT2D eigenvalue weighted by atomic mass is 10.1. The molecule has 1 unspecified atom stereocenters. The van der Waals surface area contributed by atoms with Crippen LogP contribution in [0.2, 0.25) is 10.0 Å². The molecular weight excluding hydrogens is 359 g/mol. The van der Waals surface area contributed by atoms with Crippen LogP contribution in [0.4, 0.5) is 5.69 Å². The summed E-state index contributed by atoms with van der Waals surface area (Å²) in [6.07, 6.45) is 0.198. The van der Waals surface area contributed by atoms with Crippen LogP contribution in [0.25, 0.3) is 0 Å². The largest absolute Gasteiger partial charge is 0.341 e. The van der Waals surface area contributed by atoms with Crippen LogP contribution < -0.4 is 4.90 Å². The smallest absolute Gasteiger partial charge is 0.228 e. The van der Waals surface area contributed by atoms with Crippen molar-refractivity contribution in [2.24, 2.45) is 5.92 Å². The maximum absolute atomic E-state index is 12.7. The second kappa shape index (κ2) is 7.46. The van der Waals surface area contributed by atoms with Gasteiger partial charge in [0.1, 0.15) is 0 Å². The number of halogens is 2. The fraction of sp³-hybridized carbons (Fsp3) is 0.263. The maximum atomic E-state index is 12.7. The highest BCUT2D eigenvalue weighted by Crippen LogP contribution is 2.31. The third-order valence-corrected chi connectivity index (χ3v) is 4.86. The number of hydrogen-bond donors (Lipinski definition) is 0. The van der Waals surface area contributed by atoms with Crippen LogP contribution in [-0.4, -0.2) is 30.3 Å². The van der Waals surface area contributed by atoms with E-state index in [1.165, 1.54) is 0 Å². The first-order valence-electron chi connectivity index (χ1n) is 8.00. The molecule has 6 heteroatoms. The summed E-state index contributed by atoms with van der Waals surface area (Å²) < 4.78 is 0. The molecule has 1 saturated heterocycles. The minimum Gasteiger partial charge on any atom is -0.341 e. The van der Waals surface area contributed by atoms with Gasteiger partial charge in [-0.3, -0.25) is 9.59 Å². The maximum Gasteiger partial charge on any atom is 0.228 e. The van der Waals surface area contributed by atoms with E-state index in [0.29, 0.717) is 28.8 Å². The van der Waals surface area contributed by atoms with E-state index in [4.69, 9.17) is 23.2 Å². The number of anilines is 1. The quantitative estimate of drug-likeness (QED) is 0.808. The number of para-hydroxylation sites is 1. The zero-order chi connectivity index (χ0) is 18.0. The molecule has 0 radical (unpaired) electrons. The van der Waals surface area contributed by atoms with Crippen LogP contribution in [0.5, 0.6) is 0 Å². The van der Waals surface area contributed by atoms with Crippen molar-refractivity contribution in [2.75, 3.05) is 18.5 Å². The number of rotatable bonds is 4. The highest BCUT2D eigenvalue weighted by molar-refractivity contribution is 6.34. The van der Waals surface area contributed by atoms with Gasteiger partial charge in [-0.05, 0) is 29.8 Å². The zero-order valence-corrected chi connectivity index (χ0v) is 15.3. The third kappa shape index (κ3) is 3.97. The predicted molar refractivity (Wildman–Crippen MR) is 99.8 cm³/mol. The molecule has 1 aliphatic rings. The molecule has 0 spiro atoms. The van der Waals surface area contributed by atoms with E-state index in [-0.39, 0.29) is 24.2 Å². The van der Waals surface area contributed by atoms with E-state index >= 15 is 0 Å². The highest BCUT2D eigenvalue weighted by Gasteiger charge is 2.37. The van der Waals surface area contributed by atoms with Gasteiger partial charge < -0.3 is 9.80 Å². The Hall–Kier alpha value is -2.04. The molecule has 2 aromatic rings. The molecule has 25 heavy (non-hydrogen) atoms. The molecule has 0 bridgehead atoms. The van der Waals surface area contributed by atoms with Gasteiger partial charge in [0.25, 0.3) is 0 Å². The molecule has 3 rings (SSSR count). The summed E-state index contributed by atoms with van der Waals surface area (Å²) in [5.41, 5.74) is 1.61. The van der Waals surface area contributed by atoms with Crippen LogP contribution >= 0.6 is 23.2 Å². The van der Waals surface area contributed by atoms with Crippen molar-refractivity contribution >= 4 is 40.7 Å². The monoisotopic (exact) mass is 376 g/mol. The van der Waals surface area contributed by atoms with E-state index in [2.05, 4.69) is 0 Å². The Balaban J connectivity index is 1.69. The Morgan fingerprint density at radius 1 is 1.20 bits per heavy atom. The van der Waals surface area contributed by atoms with Crippen LogP contribution in [0, 0.1) is 5.92 Å². The summed E-state index contributed by atoms with van der Waals surface area (Å²) in [4.78, 5) is 28.3. The fourth-order valence-electron chi connectivity index (χ4n) is 3.08. The van der Waals surface area contributed by atoms with Crippen molar-refractivity contribution < 1.29 is 9.59 Å². The van der Waals surface area contributed by atoms with Gasteiger partial charge in [0.2, 0.25) is 11.8 Å². The first kappa shape index (κ1) is 17.8. The van der Waals surface area contributed by atoms with Gasteiger partial charge in [-0.1, -0.05) is 47.5 Å². The van der Waals surface area contributed by atoms with Crippen molar-refractivity contribution in [3.05, 3.63) is 64.1 Å². The van der Waals surface area contributed by atoms with Gasteiger partial charge in [0, 0.05) is 31.6 Å². The summed E-state index contributed by atoms with van der Waals surface area (Å²) in [5, 5.41) is 1.15. The Bertz CT molecular complexity index is 810. The molecule has 1 atom stereocenters. The Morgan fingerprint density at radius 3 is 2.68 bits per heavy atom. The van der Waals surface area contributed by atoms with Crippen LogP contribution in [-0.2, 0) is 16.1 Å². The van der Waals surface area contributed by atoms with Gasteiger partial charge in [-0.15, -0.1) is 0 Å². The number of benzene rings is 2. The molecule has 4 nitrogen and oxygen atoms in total. The highest BCUT2D eigenvalue weighted by atomic mass is 35.5. The second-order valence-corrected chi connectivity index (χ2v) is 7.02. The van der Waals surface area contributed by atoms with Crippen molar-refractivity contribution in [3.8, 4) is 0 Å². The number of amides is 2. The molecule has 2 amide bonds. The van der Waals surface area contributed by atoms with E-state index in [9.17, 15) is 9.59 Å². The minimum atomic E-state index is -0.368. The van der Waals surface area contributed by atoms with E-state index in [1.54, 1.807) is 35.0 Å². The normalized spacial score (nSPS) is 17.0. The van der Waals surface area contributed by atoms with Crippen molar-refractivity contribution in [1.82, 2.24) is 4.90 Å². The Kier molecular flexibility index (Phi) is 5.30. The van der Waals surface area contributed by atoms with Crippen LogP contribution in [0.1, 0.15) is 12.0 Å². The average Bonchev–Trinajstić information content (AvgIpc) is 2.96. The molecule has 1 aliphatic heterocycles. The summed E-state index contributed by atoms with van der Waals surface area (Å²) in [6.45, 7) is 0.803. The molecule has 2 aromatic carbocycles. The SMILES string of the molecule is CN(Cc1cccc(Cl)c1)C(=O)C1CC(=O)N(c2ccccc2Cl)C1. The summed E-state index contributed by atoms with van der Waals surface area (Å²) in [6, 6.07) is 14.6. The number of hydrogen-bond acceptors (Lipinski definition) is 2. The fourth-order valence-corrected chi connectivity index (χ4v) is 3.53. The summed E-state index contributed by atoms with van der Waals surface area (Å²) >= 11 is 12.2. The summed E-state index contributed by atoms with van der Waals surface area (Å²) in [7, 11) is 1.74. The molecule has 1 fully saturated rings. The van der Waals surface area contributed by atoms with Crippen molar-refractivity contribution in [1.29, 1.82) is 0 Å². The van der Waals surface area contributed by atoms with Gasteiger partial charge in [0.15, 0.2) is 0 Å². The standard InChI is InChI=1S/C19H18Cl2N2O2/c1-22(11-13-5-4-6-15(20)9-13)19(25)14-10-18(24)23(12-14)17-8-3-2-7-16(17)21/h2-9,14H,10-12H2,1H3. The van der Waals surface area contributed by atoms with Gasteiger partial charge >= 0.3 is 0 Å². The average molecular weight is 377 g/mol. The molecule has 130 valence electrons. The Morgan fingerprint density at radius 2 is 1.96 bits per heavy atom. The molecule has 0 saturated carbocycles. The number of nitrogens with zero attached hydrogens (tertiary/aromatic N) is 2. The predicted octanol–water partition coefficient (Wildman–Crippen LogP) is 4.00. The molecule has 0 aliphatic carbocycles. The van der Waals surface area contributed by atoms with Gasteiger partial charge in [-0.2, -0.15) is 0 Å². The first-order valence-corrected chi connectivity index (χ1v) is 8.75. The first-order chi connectivity index (χ1) is 12.0. The van der Waals surface area contributed by atoms with Crippen LogP contribution in [0.15, 0.2) is 48.5 Å². The van der Waals surface area contributed by atoms with Crippen molar-refractivity contribution in [2.45, 2.75) is 13.0 Å². The topological polar surface area (TPSA) is 40.6 Å². The van der Waals surface area contributed by atoms with E-state index in [1.807, 2.05) is 30.3 Å². The van der Waals surface area contributed by atoms with E-state index < -0.39 is 0 Å². The molecule has 0 N–H and O–H groups in total. The second-order valence-electron chi connectivity index (χ2n) is 6.18. The molecule has 1 heterocycles. The minimum absolute atomic E-state index is 0.0529. The van der Waals surface area contributed by atoms with E-state index in [0.717, 1.165) is 5.56 Å². The molecular formula is C19H18Cl2N2O2. The van der Waals surface area contributed by atoms with Gasteiger partial charge in [0.05, 0.1) is 16.6 Å². The molecule has 0 aromatic heterocycles. The zero-order valence-electron chi connectivity index (χ0n) is 13.8. The lowest BCUT2D eigenvalue weighted by molar-refractivity contribution is -0.135. The lowest BCUT2D eigenvalue weighted by Gasteiger charge is -2.22.